The summed E-state index contributed by atoms with van der Waals surface area (Å²) in [4.78, 5) is 25.4. The average molecular weight is 348 g/mol. The Morgan fingerprint density at radius 2 is 1.88 bits per heavy atom. The number of hydrogen-bond acceptors (Lipinski definition) is 5. The molecule has 1 amide bonds. The number of phenols is 1. The van der Waals surface area contributed by atoms with Gasteiger partial charge in [0.1, 0.15) is 5.75 Å². The number of nitrogens with zero attached hydrogens (tertiary/aromatic N) is 3. The molecule has 0 saturated carbocycles. The summed E-state index contributed by atoms with van der Waals surface area (Å²) in [5.74, 6) is 0.242. The van der Waals surface area contributed by atoms with Crippen LogP contribution in [-0.2, 0) is 0 Å². The molecular weight excluding hydrogens is 328 g/mol. The van der Waals surface area contributed by atoms with Crippen molar-refractivity contribution >= 4 is 5.91 Å². The Kier molecular flexibility index (Phi) is 4.93. The van der Waals surface area contributed by atoms with Crippen LogP contribution in [0.3, 0.4) is 0 Å². The van der Waals surface area contributed by atoms with E-state index in [0.717, 1.165) is 22.4 Å². The van der Waals surface area contributed by atoms with Crippen molar-refractivity contribution in [2.24, 2.45) is 0 Å². The van der Waals surface area contributed by atoms with Crippen LogP contribution in [0.25, 0.3) is 11.4 Å². The summed E-state index contributed by atoms with van der Waals surface area (Å²) in [6.45, 7) is 5.60. The molecule has 132 valence electrons. The monoisotopic (exact) mass is 348 g/mol. The van der Waals surface area contributed by atoms with E-state index in [2.05, 4.69) is 20.3 Å². The second-order valence-electron chi connectivity index (χ2n) is 6.19. The molecule has 0 unspecified atom stereocenters. The molecule has 6 heteroatoms. The third-order valence-electron chi connectivity index (χ3n) is 4.17. The first-order valence-corrected chi connectivity index (χ1v) is 8.30. The number of benzene rings is 1. The van der Waals surface area contributed by atoms with Gasteiger partial charge in [-0.2, -0.15) is 0 Å². The maximum absolute atomic E-state index is 12.4. The van der Waals surface area contributed by atoms with Gasteiger partial charge in [0, 0.05) is 35.4 Å². The molecule has 1 aromatic carbocycles. The lowest BCUT2D eigenvalue weighted by Gasteiger charge is -2.17. The van der Waals surface area contributed by atoms with Crippen LogP contribution in [0.1, 0.15) is 40.1 Å². The van der Waals surface area contributed by atoms with Crippen molar-refractivity contribution in [3.05, 3.63) is 71.3 Å². The van der Waals surface area contributed by atoms with Gasteiger partial charge >= 0.3 is 0 Å². The van der Waals surface area contributed by atoms with Gasteiger partial charge in [-0.05, 0) is 50.6 Å². The third kappa shape index (κ3) is 3.69. The van der Waals surface area contributed by atoms with Gasteiger partial charge in [0.25, 0.3) is 5.91 Å². The number of hydrogen-bond donors (Lipinski definition) is 2. The molecule has 6 nitrogen and oxygen atoms in total. The normalized spacial score (nSPS) is 11.8. The number of nitrogens with one attached hydrogen (secondary N) is 1. The highest BCUT2D eigenvalue weighted by atomic mass is 16.3. The summed E-state index contributed by atoms with van der Waals surface area (Å²) in [5, 5.41) is 12.9. The summed E-state index contributed by atoms with van der Waals surface area (Å²) < 4.78 is 0. The van der Waals surface area contributed by atoms with Gasteiger partial charge in [0.2, 0.25) is 0 Å². The fourth-order valence-corrected chi connectivity index (χ4v) is 2.73. The highest BCUT2D eigenvalue weighted by molar-refractivity contribution is 5.97. The molecular formula is C20H20N4O2. The van der Waals surface area contributed by atoms with Gasteiger partial charge in [0.15, 0.2) is 5.82 Å². The zero-order valence-electron chi connectivity index (χ0n) is 14.9. The molecule has 26 heavy (non-hydrogen) atoms. The number of phenolic OH excluding ortho intramolecular Hbond substituents is 1. The molecule has 2 heterocycles. The Morgan fingerprint density at radius 1 is 1.15 bits per heavy atom. The number of carbonyl (C=O) groups is 1. The second-order valence-corrected chi connectivity index (χ2v) is 6.19. The van der Waals surface area contributed by atoms with E-state index in [-0.39, 0.29) is 23.3 Å². The number of aromatic nitrogens is 3. The first-order valence-electron chi connectivity index (χ1n) is 8.30. The number of carbonyl (C=O) groups excluding carboxylic acids is 1. The summed E-state index contributed by atoms with van der Waals surface area (Å²) in [7, 11) is 0. The van der Waals surface area contributed by atoms with Crippen LogP contribution in [0.5, 0.6) is 5.75 Å². The predicted molar refractivity (Wildman–Crippen MR) is 98.7 cm³/mol. The van der Waals surface area contributed by atoms with Gasteiger partial charge in [0.05, 0.1) is 11.6 Å². The minimum atomic E-state index is -0.340. The first kappa shape index (κ1) is 17.5. The van der Waals surface area contributed by atoms with Crippen LogP contribution >= 0.6 is 0 Å². The fraction of sp³-hybridized carbons (Fsp3) is 0.200. The van der Waals surface area contributed by atoms with Crippen LogP contribution in [0, 0.1) is 13.8 Å². The molecule has 0 aliphatic carbocycles. The minimum absolute atomic E-state index is 0.0318. The van der Waals surface area contributed by atoms with Crippen molar-refractivity contribution in [3.8, 4) is 17.1 Å². The van der Waals surface area contributed by atoms with Gasteiger partial charge in [-0.1, -0.05) is 6.07 Å². The van der Waals surface area contributed by atoms with Crippen molar-refractivity contribution in [2.45, 2.75) is 26.8 Å². The summed E-state index contributed by atoms with van der Waals surface area (Å²) in [5.41, 5.74) is 3.63. The third-order valence-corrected chi connectivity index (χ3v) is 4.17. The zero-order chi connectivity index (χ0) is 18.7. The molecule has 2 N–H and O–H groups in total. The SMILES string of the molecule is Cc1ccc(C(=O)N[C@@H](C)c2cnc(-c3ccncc3)nc2C)c(O)c1. The van der Waals surface area contributed by atoms with Crippen molar-refractivity contribution < 1.29 is 9.90 Å². The standard InChI is InChI=1S/C20H20N4O2/c1-12-4-5-16(18(25)10-12)20(26)24-14(3)17-11-22-19(23-13(17)2)15-6-8-21-9-7-15/h4-11,14,25H,1-3H3,(H,24,26)/t14-/m0/s1. The topological polar surface area (TPSA) is 88.0 Å². The zero-order valence-corrected chi connectivity index (χ0v) is 14.9. The van der Waals surface area contributed by atoms with E-state index < -0.39 is 0 Å². The first-order chi connectivity index (χ1) is 12.5. The van der Waals surface area contributed by atoms with Crippen molar-refractivity contribution in [1.29, 1.82) is 0 Å². The van der Waals surface area contributed by atoms with E-state index in [0.29, 0.717) is 5.82 Å². The molecule has 0 saturated heterocycles. The van der Waals surface area contributed by atoms with Crippen LogP contribution in [0.4, 0.5) is 0 Å². The lowest BCUT2D eigenvalue weighted by atomic mass is 10.1. The smallest absolute Gasteiger partial charge is 0.255 e. The predicted octanol–water partition coefficient (Wildman–Crippen LogP) is 3.35. The van der Waals surface area contributed by atoms with Crippen LogP contribution in [0.2, 0.25) is 0 Å². The molecule has 3 aromatic rings. The fourth-order valence-electron chi connectivity index (χ4n) is 2.73. The number of rotatable bonds is 4. The summed E-state index contributed by atoms with van der Waals surface area (Å²) >= 11 is 0. The largest absolute Gasteiger partial charge is 0.507 e. The Labute approximate surface area is 152 Å². The molecule has 0 aliphatic heterocycles. The van der Waals surface area contributed by atoms with Crippen molar-refractivity contribution in [2.75, 3.05) is 0 Å². The number of pyridine rings is 1. The van der Waals surface area contributed by atoms with Crippen LogP contribution < -0.4 is 5.32 Å². The quantitative estimate of drug-likeness (QED) is 0.755. The van der Waals surface area contributed by atoms with Crippen LogP contribution in [0.15, 0.2) is 48.9 Å². The molecule has 2 aromatic heterocycles. The Morgan fingerprint density at radius 3 is 2.54 bits per heavy atom. The van der Waals surface area contributed by atoms with E-state index in [1.54, 1.807) is 36.8 Å². The molecule has 0 spiro atoms. The van der Waals surface area contributed by atoms with E-state index in [1.807, 2.05) is 32.9 Å². The van der Waals surface area contributed by atoms with E-state index in [4.69, 9.17) is 0 Å². The molecule has 0 fully saturated rings. The molecule has 0 radical (unpaired) electrons. The lowest BCUT2D eigenvalue weighted by molar-refractivity contribution is 0.0937. The maximum Gasteiger partial charge on any atom is 0.255 e. The Balaban J connectivity index is 1.79. The molecule has 0 aliphatic rings. The minimum Gasteiger partial charge on any atom is -0.507 e. The highest BCUT2D eigenvalue weighted by Crippen LogP contribution is 2.22. The Hall–Kier alpha value is -3.28. The maximum atomic E-state index is 12.4. The lowest BCUT2D eigenvalue weighted by Crippen LogP contribution is -2.27. The van der Waals surface area contributed by atoms with Gasteiger partial charge in [-0.3, -0.25) is 9.78 Å². The average Bonchev–Trinajstić information content (AvgIpc) is 2.62. The molecule has 1 atom stereocenters. The molecule has 0 bridgehead atoms. The number of aryl methyl sites for hydroxylation is 2. The van der Waals surface area contributed by atoms with E-state index in [1.165, 1.54) is 0 Å². The number of amides is 1. The Bertz CT molecular complexity index is 942. The van der Waals surface area contributed by atoms with E-state index >= 15 is 0 Å². The van der Waals surface area contributed by atoms with Gasteiger partial charge < -0.3 is 10.4 Å². The van der Waals surface area contributed by atoms with Crippen molar-refractivity contribution in [1.82, 2.24) is 20.3 Å². The van der Waals surface area contributed by atoms with Gasteiger partial charge in [-0.15, -0.1) is 0 Å². The summed E-state index contributed by atoms with van der Waals surface area (Å²) in [6.07, 6.45) is 5.11. The summed E-state index contributed by atoms with van der Waals surface area (Å²) in [6, 6.07) is 8.37. The van der Waals surface area contributed by atoms with E-state index in [9.17, 15) is 9.90 Å². The van der Waals surface area contributed by atoms with Gasteiger partial charge in [-0.25, -0.2) is 9.97 Å². The van der Waals surface area contributed by atoms with Crippen LogP contribution in [-0.4, -0.2) is 26.0 Å². The second kappa shape index (κ2) is 7.31. The highest BCUT2D eigenvalue weighted by Gasteiger charge is 2.17. The number of aromatic hydroxyl groups is 1. The van der Waals surface area contributed by atoms with Crippen molar-refractivity contribution in [3.63, 3.8) is 0 Å². The molecule has 3 rings (SSSR count).